The molecule has 1 aromatic heterocycles. The van der Waals surface area contributed by atoms with Gasteiger partial charge in [-0.3, -0.25) is 4.79 Å². The first-order valence-corrected chi connectivity index (χ1v) is 4.69. The molecule has 1 amide bonds. The van der Waals surface area contributed by atoms with Gasteiger partial charge in [-0.1, -0.05) is 5.10 Å². The summed E-state index contributed by atoms with van der Waals surface area (Å²) in [5, 5.41) is 10.0. The van der Waals surface area contributed by atoms with Gasteiger partial charge in [0, 0.05) is 13.6 Å². The van der Waals surface area contributed by atoms with E-state index in [2.05, 4.69) is 15.5 Å². The highest BCUT2D eigenvalue weighted by Crippen LogP contribution is 2.10. The van der Waals surface area contributed by atoms with Gasteiger partial charge in [0.1, 0.15) is 6.54 Å². The van der Waals surface area contributed by atoms with E-state index in [1.165, 1.54) is 0 Å². The van der Waals surface area contributed by atoms with Crippen LogP contribution in [0.4, 0.5) is 6.01 Å². The number of nitrogens with one attached hydrogen (secondary N) is 1. The van der Waals surface area contributed by atoms with Crippen molar-refractivity contribution in [3.05, 3.63) is 5.89 Å². The monoisotopic (exact) mass is 213 g/mol. The van der Waals surface area contributed by atoms with Gasteiger partial charge in [0.15, 0.2) is 0 Å². The molecule has 0 saturated carbocycles. The molecule has 84 valence electrons. The minimum absolute atomic E-state index is 0.107. The van der Waals surface area contributed by atoms with Crippen molar-refractivity contribution in [1.82, 2.24) is 15.5 Å². The van der Waals surface area contributed by atoms with Crippen molar-refractivity contribution in [2.24, 2.45) is 5.73 Å². The first-order valence-electron chi connectivity index (χ1n) is 4.69. The second-order valence-corrected chi connectivity index (χ2v) is 2.87. The summed E-state index contributed by atoms with van der Waals surface area (Å²) in [5.74, 6) is 0.254. The normalized spacial score (nSPS) is 10.1. The van der Waals surface area contributed by atoms with Crippen LogP contribution in [0.2, 0.25) is 0 Å². The standard InChI is InChI=1S/C8H15N5O2/c1-3-13(5-6(14)10-2)8-12-11-7(4-9)15-8/h3-5,9H2,1-2H3,(H,10,14). The lowest BCUT2D eigenvalue weighted by molar-refractivity contribution is -0.119. The Bertz CT molecular complexity index is 325. The van der Waals surface area contributed by atoms with Crippen LogP contribution in [0.3, 0.4) is 0 Å². The number of nitrogens with two attached hydrogens (primary N) is 1. The maximum absolute atomic E-state index is 11.2. The van der Waals surface area contributed by atoms with Crippen molar-refractivity contribution in [2.45, 2.75) is 13.5 Å². The predicted octanol–water partition coefficient (Wildman–Crippen LogP) is -0.899. The van der Waals surface area contributed by atoms with Crippen LogP contribution in [-0.2, 0) is 11.3 Å². The van der Waals surface area contributed by atoms with E-state index in [9.17, 15) is 4.79 Å². The van der Waals surface area contributed by atoms with Gasteiger partial charge >= 0.3 is 6.01 Å². The Labute approximate surface area is 87.6 Å². The fourth-order valence-corrected chi connectivity index (χ4v) is 1.02. The molecule has 0 aromatic carbocycles. The number of carbonyl (C=O) groups is 1. The Morgan fingerprint density at radius 1 is 1.60 bits per heavy atom. The smallest absolute Gasteiger partial charge is 0.318 e. The number of rotatable bonds is 5. The molecule has 7 nitrogen and oxygen atoms in total. The molecule has 0 saturated heterocycles. The molecular weight excluding hydrogens is 198 g/mol. The van der Waals surface area contributed by atoms with E-state index >= 15 is 0 Å². The Balaban J connectivity index is 2.69. The Morgan fingerprint density at radius 2 is 2.33 bits per heavy atom. The van der Waals surface area contributed by atoms with Gasteiger partial charge in [-0.25, -0.2) is 0 Å². The highest BCUT2D eigenvalue weighted by molar-refractivity contribution is 5.80. The Hall–Kier alpha value is -1.63. The third kappa shape index (κ3) is 2.91. The van der Waals surface area contributed by atoms with Crippen LogP contribution < -0.4 is 16.0 Å². The van der Waals surface area contributed by atoms with E-state index in [0.29, 0.717) is 18.5 Å². The highest BCUT2D eigenvalue weighted by Gasteiger charge is 2.14. The average Bonchev–Trinajstić information content (AvgIpc) is 2.73. The number of hydrogen-bond donors (Lipinski definition) is 2. The van der Waals surface area contributed by atoms with Gasteiger partial charge in [-0.15, -0.1) is 5.10 Å². The van der Waals surface area contributed by atoms with Crippen LogP contribution in [-0.4, -0.2) is 36.2 Å². The summed E-state index contributed by atoms with van der Waals surface area (Å²) >= 11 is 0. The molecule has 7 heteroatoms. The number of hydrogen-bond acceptors (Lipinski definition) is 6. The number of nitrogens with zero attached hydrogens (tertiary/aromatic N) is 3. The summed E-state index contributed by atoms with van der Waals surface area (Å²) in [5.41, 5.74) is 5.34. The van der Waals surface area contributed by atoms with Crippen molar-refractivity contribution >= 4 is 11.9 Å². The second-order valence-electron chi connectivity index (χ2n) is 2.87. The lowest BCUT2D eigenvalue weighted by Gasteiger charge is -2.16. The quantitative estimate of drug-likeness (QED) is 0.658. The summed E-state index contributed by atoms with van der Waals surface area (Å²) in [6, 6.07) is 0.321. The fourth-order valence-electron chi connectivity index (χ4n) is 1.02. The van der Waals surface area contributed by atoms with Crippen LogP contribution in [0.15, 0.2) is 4.42 Å². The zero-order chi connectivity index (χ0) is 11.3. The minimum Gasteiger partial charge on any atom is -0.407 e. The summed E-state index contributed by atoms with van der Waals surface area (Å²) < 4.78 is 5.23. The van der Waals surface area contributed by atoms with Gasteiger partial charge < -0.3 is 20.4 Å². The van der Waals surface area contributed by atoms with E-state index in [-0.39, 0.29) is 19.0 Å². The molecule has 0 spiro atoms. The molecule has 0 unspecified atom stereocenters. The zero-order valence-corrected chi connectivity index (χ0v) is 8.86. The number of anilines is 1. The van der Waals surface area contributed by atoms with Crippen LogP contribution in [0, 0.1) is 0 Å². The molecule has 0 bridgehead atoms. The van der Waals surface area contributed by atoms with E-state index in [4.69, 9.17) is 10.2 Å². The third-order valence-electron chi connectivity index (χ3n) is 1.90. The number of amides is 1. The number of carbonyl (C=O) groups excluding carboxylic acids is 1. The molecular formula is C8H15N5O2. The number of aromatic nitrogens is 2. The maximum atomic E-state index is 11.2. The maximum Gasteiger partial charge on any atom is 0.318 e. The lowest BCUT2D eigenvalue weighted by atomic mass is 10.5. The summed E-state index contributed by atoms with van der Waals surface area (Å²) in [6.45, 7) is 2.90. The molecule has 0 radical (unpaired) electrons. The molecule has 15 heavy (non-hydrogen) atoms. The second kappa shape index (κ2) is 5.30. The van der Waals surface area contributed by atoms with Crippen LogP contribution in [0.5, 0.6) is 0 Å². The van der Waals surface area contributed by atoms with E-state index in [1.54, 1.807) is 11.9 Å². The Kier molecular flexibility index (Phi) is 4.04. The molecule has 0 aliphatic rings. The topological polar surface area (TPSA) is 97.3 Å². The molecule has 1 aromatic rings. The summed E-state index contributed by atoms with van der Waals surface area (Å²) in [7, 11) is 1.58. The highest BCUT2D eigenvalue weighted by atomic mass is 16.4. The van der Waals surface area contributed by atoms with E-state index in [1.807, 2.05) is 6.92 Å². The first kappa shape index (κ1) is 11.4. The fraction of sp³-hybridized carbons (Fsp3) is 0.625. The lowest BCUT2D eigenvalue weighted by Crippen LogP contribution is -2.35. The van der Waals surface area contributed by atoms with Crippen molar-refractivity contribution in [3.8, 4) is 0 Å². The third-order valence-corrected chi connectivity index (χ3v) is 1.90. The zero-order valence-electron chi connectivity index (χ0n) is 8.86. The average molecular weight is 213 g/mol. The van der Waals surface area contributed by atoms with E-state index in [0.717, 1.165) is 0 Å². The molecule has 0 atom stereocenters. The van der Waals surface area contributed by atoms with Crippen LogP contribution in [0.1, 0.15) is 12.8 Å². The van der Waals surface area contributed by atoms with Crippen LogP contribution >= 0.6 is 0 Å². The molecule has 0 aliphatic carbocycles. The van der Waals surface area contributed by atoms with Gasteiger partial charge in [0.2, 0.25) is 11.8 Å². The summed E-state index contributed by atoms with van der Waals surface area (Å²) in [6.07, 6.45) is 0. The largest absolute Gasteiger partial charge is 0.407 e. The van der Waals surface area contributed by atoms with Gasteiger partial charge in [-0.05, 0) is 6.92 Å². The van der Waals surface area contributed by atoms with Crippen molar-refractivity contribution < 1.29 is 9.21 Å². The predicted molar refractivity (Wildman–Crippen MR) is 54.1 cm³/mol. The summed E-state index contributed by atoms with van der Waals surface area (Å²) in [4.78, 5) is 12.8. The van der Waals surface area contributed by atoms with Gasteiger partial charge in [-0.2, -0.15) is 0 Å². The van der Waals surface area contributed by atoms with Crippen molar-refractivity contribution in [2.75, 3.05) is 25.0 Å². The SMILES string of the molecule is CCN(CC(=O)NC)c1nnc(CN)o1. The van der Waals surface area contributed by atoms with Gasteiger partial charge in [0.05, 0.1) is 6.54 Å². The molecule has 3 N–H and O–H groups in total. The van der Waals surface area contributed by atoms with Gasteiger partial charge in [0.25, 0.3) is 0 Å². The Morgan fingerprint density at radius 3 is 2.80 bits per heavy atom. The molecule has 1 heterocycles. The molecule has 1 rings (SSSR count). The first-order chi connectivity index (χ1) is 7.21. The number of likely N-dealkylation sites (N-methyl/N-ethyl adjacent to an activating group) is 2. The van der Waals surface area contributed by atoms with Crippen LogP contribution in [0.25, 0.3) is 0 Å². The molecule has 0 fully saturated rings. The molecule has 0 aliphatic heterocycles. The minimum atomic E-state index is -0.107. The van der Waals surface area contributed by atoms with Crippen molar-refractivity contribution in [3.63, 3.8) is 0 Å². The van der Waals surface area contributed by atoms with E-state index < -0.39 is 0 Å². The van der Waals surface area contributed by atoms with Crippen molar-refractivity contribution in [1.29, 1.82) is 0 Å².